The maximum absolute atomic E-state index is 11.8. The molecule has 7 nitrogen and oxygen atoms in total. The van der Waals surface area contributed by atoms with Gasteiger partial charge in [-0.1, -0.05) is 20.8 Å². The van der Waals surface area contributed by atoms with Gasteiger partial charge < -0.3 is 20.8 Å². The summed E-state index contributed by atoms with van der Waals surface area (Å²) in [6, 6.07) is -2.18. The van der Waals surface area contributed by atoms with Crippen molar-refractivity contribution in [1.29, 1.82) is 0 Å². The van der Waals surface area contributed by atoms with E-state index in [4.69, 9.17) is 10.2 Å². The van der Waals surface area contributed by atoms with Gasteiger partial charge in [-0.2, -0.15) is 0 Å². The molecule has 0 saturated carbocycles. The predicted octanol–water partition coefficient (Wildman–Crippen LogP) is -0.511. The lowest BCUT2D eigenvalue weighted by molar-refractivity contribution is -0.143. The van der Waals surface area contributed by atoms with Crippen LogP contribution in [0.1, 0.15) is 33.6 Å². The van der Waals surface area contributed by atoms with Crippen molar-refractivity contribution in [2.24, 2.45) is 5.92 Å². The molecule has 2 amide bonds. The Kier molecular flexibility index (Phi) is 7.74. The van der Waals surface area contributed by atoms with Gasteiger partial charge in [-0.25, -0.2) is 4.79 Å². The molecule has 0 aliphatic carbocycles. The number of aliphatic hydroxyl groups excluding tert-OH is 1. The molecule has 4 N–H and O–H groups in total. The predicted molar refractivity (Wildman–Crippen MR) is 68.3 cm³/mol. The molecule has 0 aromatic rings. The summed E-state index contributed by atoms with van der Waals surface area (Å²) in [7, 11) is 0. The Morgan fingerprint density at radius 3 is 2.11 bits per heavy atom. The molecule has 2 atom stereocenters. The normalized spacial score (nSPS) is 13.7. The van der Waals surface area contributed by atoms with Crippen molar-refractivity contribution in [2.75, 3.05) is 6.61 Å². The minimum absolute atomic E-state index is 0.246. The number of aliphatic carboxylic acids is 1. The van der Waals surface area contributed by atoms with Crippen molar-refractivity contribution in [2.45, 2.75) is 45.7 Å². The Balaban J connectivity index is 4.58. The van der Waals surface area contributed by atoms with E-state index in [-0.39, 0.29) is 18.2 Å². The minimum atomic E-state index is -1.15. The highest BCUT2D eigenvalue weighted by molar-refractivity contribution is 5.90. The van der Waals surface area contributed by atoms with Crippen LogP contribution in [0.15, 0.2) is 0 Å². The van der Waals surface area contributed by atoms with Crippen molar-refractivity contribution in [3.05, 3.63) is 0 Å². The van der Waals surface area contributed by atoms with Crippen LogP contribution in [0, 0.1) is 5.92 Å². The number of hydrogen-bond donors (Lipinski definition) is 4. The molecule has 0 bridgehead atoms. The maximum Gasteiger partial charge on any atom is 0.326 e. The fraction of sp³-hybridized carbons (Fsp3) is 0.750. The van der Waals surface area contributed by atoms with Gasteiger partial charge in [0.2, 0.25) is 11.8 Å². The number of rotatable bonds is 8. The molecule has 19 heavy (non-hydrogen) atoms. The summed E-state index contributed by atoms with van der Waals surface area (Å²) in [5, 5.41) is 22.7. The fourth-order valence-electron chi connectivity index (χ4n) is 1.46. The molecule has 0 radical (unpaired) electrons. The number of nitrogens with one attached hydrogen (secondary N) is 2. The molecular formula is C12H22N2O5. The summed E-state index contributed by atoms with van der Waals surface area (Å²) < 4.78 is 0. The van der Waals surface area contributed by atoms with Crippen molar-refractivity contribution >= 4 is 17.8 Å². The standard InChI is InChI=1S/C12H22N2O5/c1-4-5-9(16)13-8(6-15)11(17)14-10(7(2)3)12(18)19/h7-8,10,15H,4-6H2,1-3H3,(H,13,16)(H,14,17)(H,18,19). The number of carboxylic acids is 1. The Labute approximate surface area is 112 Å². The summed E-state index contributed by atoms with van der Waals surface area (Å²) in [5.74, 6) is -2.51. The monoisotopic (exact) mass is 274 g/mol. The second-order valence-electron chi connectivity index (χ2n) is 4.62. The average molecular weight is 274 g/mol. The van der Waals surface area contributed by atoms with E-state index in [1.807, 2.05) is 6.92 Å². The van der Waals surface area contributed by atoms with Gasteiger partial charge in [-0.3, -0.25) is 9.59 Å². The van der Waals surface area contributed by atoms with E-state index in [0.29, 0.717) is 6.42 Å². The molecule has 0 heterocycles. The van der Waals surface area contributed by atoms with Crippen LogP contribution in [0.2, 0.25) is 0 Å². The van der Waals surface area contributed by atoms with E-state index in [1.165, 1.54) is 0 Å². The van der Waals surface area contributed by atoms with Crippen LogP contribution in [0.4, 0.5) is 0 Å². The van der Waals surface area contributed by atoms with Gasteiger partial charge in [0.05, 0.1) is 6.61 Å². The summed E-state index contributed by atoms with van der Waals surface area (Å²) >= 11 is 0. The van der Waals surface area contributed by atoms with E-state index in [0.717, 1.165) is 0 Å². The highest BCUT2D eigenvalue weighted by Gasteiger charge is 2.27. The van der Waals surface area contributed by atoms with Crippen molar-refractivity contribution < 1.29 is 24.6 Å². The molecule has 7 heteroatoms. The Morgan fingerprint density at radius 2 is 1.74 bits per heavy atom. The number of amides is 2. The maximum atomic E-state index is 11.8. The van der Waals surface area contributed by atoms with Crippen molar-refractivity contribution in [3.8, 4) is 0 Å². The van der Waals surface area contributed by atoms with Crippen LogP contribution < -0.4 is 10.6 Å². The number of hydrogen-bond acceptors (Lipinski definition) is 4. The Hall–Kier alpha value is -1.63. The summed E-state index contributed by atoms with van der Waals surface area (Å²) in [6.45, 7) is 4.55. The lowest BCUT2D eigenvalue weighted by Gasteiger charge is -2.22. The molecular weight excluding hydrogens is 252 g/mol. The molecule has 0 aromatic heterocycles. The fourth-order valence-corrected chi connectivity index (χ4v) is 1.46. The van der Waals surface area contributed by atoms with E-state index in [2.05, 4.69) is 10.6 Å². The SMILES string of the molecule is CCCC(=O)NC(CO)C(=O)NC(C(=O)O)C(C)C. The van der Waals surface area contributed by atoms with Gasteiger partial charge in [-0.05, 0) is 12.3 Å². The van der Waals surface area contributed by atoms with E-state index in [1.54, 1.807) is 13.8 Å². The lowest BCUT2D eigenvalue weighted by atomic mass is 10.0. The van der Waals surface area contributed by atoms with Crippen LogP contribution in [0.25, 0.3) is 0 Å². The third-order valence-electron chi connectivity index (χ3n) is 2.54. The zero-order chi connectivity index (χ0) is 15.0. The van der Waals surface area contributed by atoms with Gasteiger partial charge in [0.25, 0.3) is 0 Å². The number of carbonyl (C=O) groups is 3. The second-order valence-corrected chi connectivity index (χ2v) is 4.62. The summed E-state index contributed by atoms with van der Waals surface area (Å²) in [4.78, 5) is 34.1. The minimum Gasteiger partial charge on any atom is -0.480 e. The molecule has 0 aromatic carbocycles. The first-order valence-electron chi connectivity index (χ1n) is 6.26. The van der Waals surface area contributed by atoms with E-state index >= 15 is 0 Å². The molecule has 2 unspecified atom stereocenters. The molecule has 0 saturated heterocycles. The zero-order valence-corrected chi connectivity index (χ0v) is 11.5. The average Bonchev–Trinajstić information content (AvgIpc) is 2.32. The largest absolute Gasteiger partial charge is 0.480 e. The van der Waals surface area contributed by atoms with Gasteiger partial charge in [0.15, 0.2) is 0 Å². The van der Waals surface area contributed by atoms with Gasteiger partial charge in [-0.15, -0.1) is 0 Å². The smallest absolute Gasteiger partial charge is 0.326 e. The van der Waals surface area contributed by atoms with Crippen LogP contribution in [-0.4, -0.2) is 46.7 Å². The second kappa shape index (κ2) is 8.47. The first kappa shape index (κ1) is 17.4. The third kappa shape index (κ3) is 6.19. The molecule has 0 spiro atoms. The lowest BCUT2D eigenvalue weighted by Crippen LogP contribution is -2.54. The van der Waals surface area contributed by atoms with Crippen LogP contribution in [0.3, 0.4) is 0 Å². The van der Waals surface area contributed by atoms with Crippen molar-refractivity contribution in [3.63, 3.8) is 0 Å². The number of aliphatic hydroxyl groups is 1. The van der Waals surface area contributed by atoms with Crippen LogP contribution >= 0.6 is 0 Å². The van der Waals surface area contributed by atoms with Gasteiger partial charge in [0, 0.05) is 6.42 Å². The topological polar surface area (TPSA) is 116 Å². The van der Waals surface area contributed by atoms with Crippen LogP contribution in [0.5, 0.6) is 0 Å². The first-order valence-corrected chi connectivity index (χ1v) is 6.26. The third-order valence-corrected chi connectivity index (χ3v) is 2.54. The highest BCUT2D eigenvalue weighted by atomic mass is 16.4. The quantitative estimate of drug-likeness (QED) is 0.476. The Morgan fingerprint density at radius 1 is 1.16 bits per heavy atom. The molecule has 0 fully saturated rings. The van der Waals surface area contributed by atoms with Gasteiger partial charge >= 0.3 is 5.97 Å². The number of carboxylic acid groups (broad SMARTS) is 1. The molecule has 0 aliphatic heterocycles. The molecule has 0 rings (SSSR count). The molecule has 110 valence electrons. The highest BCUT2D eigenvalue weighted by Crippen LogP contribution is 2.02. The number of carbonyl (C=O) groups excluding carboxylic acids is 2. The Bertz CT molecular complexity index is 330. The van der Waals surface area contributed by atoms with E-state index < -0.39 is 30.6 Å². The zero-order valence-electron chi connectivity index (χ0n) is 11.5. The summed E-state index contributed by atoms with van der Waals surface area (Å²) in [5.41, 5.74) is 0. The van der Waals surface area contributed by atoms with Gasteiger partial charge in [0.1, 0.15) is 12.1 Å². The first-order chi connectivity index (χ1) is 8.83. The van der Waals surface area contributed by atoms with E-state index in [9.17, 15) is 14.4 Å². The molecule has 0 aliphatic rings. The van der Waals surface area contributed by atoms with Crippen molar-refractivity contribution in [1.82, 2.24) is 10.6 Å². The van der Waals surface area contributed by atoms with Crippen LogP contribution in [-0.2, 0) is 14.4 Å². The summed E-state index contributed by atoms with van der Waals surface area (Å²) in [6.07, 6.45) is 0.867.